The van der Waals surface area contributed by atoms with Crippen molar-refractivity contribution < 1.29 is 0 Å². The third-order valence-electron chi connectivity index (χ3n) is 2.21. The number of benzene rings is 1. The van der Waals surface area contributed by atoms with Crippen LogP contribution in [0, 0.1) is 0 Å². The van der Waals surface area contributed by atoms with Crippen LogP contribution in [-0.2, 0) is 6.42 Å². The van der Waals surface area contributed by atoms with E-state index in [9.17, 15) is 0 Å². The molecule has 0 saturated heterocycles. The molecule has 0 N–H and O–H groups in total. The van der Waals surface area contributed by atoms with E-state index < -0.39 is 0 Å². The van der Waals surface area contributed by atoms with E-state index in [0.717, 1.165) is 17.7 Å². The van der Waals surface area contributed by atoms with Crippen LogP contribution < -0.4 is 0 Å². The fraction of sp³-hybridized carbons (Fsp3) is 0.167. The van der Waals surface area contributed by atoms with Crippen molar-refractivity contribution in [3.05, 3.63) is 48.4 Å². The Bertz CT molecular complexity index is 410. The summed E-state index contributed by atoms with van der Waals surface area (Å²) in [4.78, 5) is 8.12. The summed E-state index contributed by atoms with van der Waals surface area (Å²) in [6.45, 7) is 2.15. The third-order valence-corrected chi connectivity index (χ3v) is 2.21. The van der Waals surface area contributed by atoms with Crippen LogP contribution in [0.1, 0.15) is 12.5 Å². The van der Waals surface area contributed by atoms with Crippen LogP contribution in [0.25, 0.3) is 11.3 Å². The molecule has 2 nitrogen and oxygen atoms in total. The van der Waals surface area contributed by atoms with Crippen LogP contribution in [0.15, 0.2) is 42.9 Å². The highest BCUT2D eigenvalue weighted by molar-refractivity contribution is 5.59. The highest BCUT2D eigenvalue weighted by atomic mass is 14.8. The maximum atomic E-state index is 4.21. The van der Waals surface area contributed by atoms with E-state index >= 15 is 0 Å². The third kappa shape index (κ3) is 1.79. The first-order chi connectivity index (χ1) is 6.90. The Hall–Kier alpha value is -1.70. The number of hydrogen-bond donors (Lipinski definition) is 0. The SMILES string of the molecule is CCc1cccc(-c2ccncn2)c1. The molecule has 14 heavy (non-hydrogen) atoms. The molecule has 0 bridgehead atoms. The van der Waals surface area contributed by atoms with Crippen molar-refractivity contribution in [2.24, 2.45) is 0 Å². The zero-order chi connectivity index (χ0) is 9.80. The molecular weight excluding hydrogens is 172 g/mol. The standard InChI is InChI=1S/C12H12N2/c1-2-10-4-3-5-11(8-10)12-6-7-13-9-14-12/h3-9H,2H2,1H3. The van der Waals surface area contributed by atoms with E-state index in [2.05, 4.69) is 41.2 Å². The van der Waals surface area contributed by atoms with Gasteiger partial charge in [-0.15, -0.1) is 0 Å². The Labute approximate surface area is 83.7 Å². The second-order valence-electron chi connectivity index (χ2n) is 3.15. The highest BCUT2D eigenvalue weighted by Gasteiger charge is 1.98. The molecule has 1 aromatic heterocycles. The van der Waals surface area contributed by atoms with E-state index in [-0.39, 0.29) is 0 Å². The fourth-order valence-corrected chi connectivity index (χ4v) is 1.41. The molecule has 0 amide bonds. The molecule has 0 saturated carbocycles. The minimum absolute atomic E-state index is 0.982. The van der Waals surface area contributed by atoms with Crippen LogP contribution in [0.4, 0.5) is 0 Å². The summed E-state index contributed by atoms with van der Waals surface area (Å²) in [6, 6.07) is 10.4. The van der Waals surface area contributed by atoms with Gasteiger partial charge in [0.2, 0.25) is 0 Å². The van der Waals surface area contributed by atoms with Gasteiger partial charge in [-0.25, -0.2) is 9.97 Å². The first kappa shape index (κ1) is 8.88. The van der Waals surface area contributed by atoms with Gasteiger partial charge in [0.15, 0.2) is 0 Å². The topological polar surface area (TPSA) is 25.8 Å². The van der Waals surface area contributed by atoms with E-state index in [1.807, 2.05) is 6.07 Å². The molecule has 2 heteroatoms. The minimum Gasteiger partial charge on any atom is -0.245 e. The summed E-state index contributed by atoms with van der Waals surface area (Å²) in [5, 5.41) is 0. The fourth-order valence-electron chi connectivity index (χ4n) is 1.41. The van der Waals surface area contributed by atoms with Gasteiger partial charge in [0, 0.05) is 11.8 Å². The summed E-state index contributed by atoms with van der Waals surface area (Å²) in [5.41, 5.74) is 3.48. The van der Waals surface area contributed by atoms with Gasteiger partial charge in [-0.2, -0.15) is 0 Å². The van der Waals surface area contributed by atoms with Gasteiger partial charge in [-0.1, -0.05) is 25.1 Å². The van der Waals surface area contributed by atoms with Gasteiger partial charge in [-0.05, 0) is 24.1 Å². The summed E-state index contributed by atoms with van der Waals surface area (Å²) in [6.07, 6.45) is 4.40. The molecule has 0 fully saturated rings. The summed E-state index contributed by atoms with van der Waals surface area (Å²) in [5.74, 6) is 0. The maximum Gasteiger partial charge on any atom is 0.116 e. The average Bonchev–Trinajstić information content (AvgIpc) is 2.30. The molecule has 2 rings (SSSR count). The van der Waals surface area contributed by atoms with Crippen LogP contribution in [-0.4, -0.2) is 9.97 Å². The average molecular weight is 184 g/mol. The monoisotopic (exact) mass is 184 g/mol. The molecule has 0 aliphatic rings. The summed E-state index contributed by atoms with van der Waals surface area (Å²) in [7, 11) is 0. The molecule has 0 radical (unpaired) electrons. The molecule has 0 aliphatic heterocycles. The Balaban J connectivity index is 2.42. The highest BCUT2D eigenvalue weighted by Crippen LogP contribution is 2.17. The molecule has 1 aromatic carbocycles. The predicted molar refractivity (Wildman–Crippen MR) is 56.8 cm³/mol. The number of aryl methyl sites for hydroxylation is 1. The molecule has 0 unspecified atom stereocenters. The van der Waals surface area contributed by atoms with Crippen molar-refractivity contribution >= 4 is 0 Å². The largest absolute Gasteiger partial charge is 0.245 e. The van der Waals surface area contributed by atoms with Crippen molar-refractivity contribution in [2.75, 3.05) is 0 Å². The van der Waals surface area contributed by atoms with E-state index in [1.54, 1.807) is 12.5 Å². The molecule has 70 valence electrons. The summed E-state index contributed by atoms with van der Waals surface area (Å²) < 4.78 is 0. The summed E-state index contributed by atoms with van der Waals surface area (Å²) >= 11 is 0. The number of aromatic nitrogens is 2. The van der Waals surface area contributed by atoms with Crippen molar-refractivity contribution in [3.8, 4) is 11.3 Å². The Morgan fingerprint density at radius 3 is 2.86 bits per heavy atom. The molecule has 0 aliphatic carbocycles. The minimum atomic E-state index is 0.982. The van der Waals surface area contributed by atoms with E-state index in [0.29, 0.717) is 0 Å². The second kappa shape index (κ2) is 4.01. The Kier molecular flexibility index (Phi) is 2.54. The first-order valence-electron chi connectivity index (χ1n) is 4.75. The smallest absolute Gasteiger partial charge is 0.116 e. The van der Waals surface area contributed by atoms with E-state index in [1.165, 1.54) is 5.56 Å². The Morgan fingerprint density at radius 2 is 2.14 bits per heavy atom. The Morgan fingerprint density at radius 1 is 1.21 bits per heavy atom. The molecule has 0 atom stereocenters. The lowest BCUT2D eigenvalue weighted by molar-refractivity contribution is 1.13. The van der Waals surface area contributed by atoms with Gasteiger partial charge in [0.05, 0.1) is 5.69 Å². The number of hydrogen-bond acceptors (Lipinski definition) is 2. The van der Waals surface area contributed by atoms with Crippen LogP contribution in [0.2, 0.25) is 0 Å². The van der Waals surface area contributed by atoms with Gasteiger partial charge in [-0.3, -0.25) is 0 Å². The van der Waals surface area contributed by atoms with Crippen LogP contribution in [0.3, 0.4) is 0 Å². The normalized spacial score (nSPS) is 10.1. The van der Waals surface area contributed by atoms with Gasteiger partial charge in [0.25, 0.3) is 0 Å². The number of nitrogens with zero attached hydrogens (tertiary/aromatic N) is 2. The maximum absolute atomic E-state index is 4.21. The van der Waals surface area contributed by atoms with Crippen molar-refractivity contribution in [2.45, 2.75) is 13.3 Å². The van der Waals surface area contributed by atoms with Crippen molar-refractivity contribution in [3.63, 3.8) is 0 Å². The zero-order valence-corrected chi connectivity index (χ0v) is 8.14. The van der Waals surface area contributed by atoms with Gasteiger partial charge >= 0.3 is 0 Å². The first-order valence-corrected chi connectivity index (χ1v) is 4.75. The van der Waals surface area contributed by atoms with Gasteiger partial charge in [0.1, 0.15) is 6.33 Å². The zero-order valence-electron chi connectivity index (χ0n) is 8.14. The second-order valence-corrected chi connectivity index (χ2v) is 3.15. The molecule has 1 heterocycles. The lowest BCUT2D eigenvalue weighted by atomic mass is 10.1. The van der Waals surface area contributed by atoms with Gasteiger partial charge < -0.3 is 0 Å². The lowest BCUT2D eigenvalue weighted by Gasteiger charge is -2.01. The molecule has 0 spiro atoms. The predicted octanol–water partition coefficient (Wildman–Crippen LogP) is 2.71. The quantitative estimate of drug-likeness (QED) is 0.717. The van der Waals surface area contributed by atoms with E-state index in [4.69, 9.17) is 0 Å². The van der Waals surface area contributed by atoms with Crippen LogP contribution in [0.5, 0.6) is 0 Å². The molecular formula is C12H12N2. The molecule has 2 aromatic rings. The van der Waals surface area contributed by atoms with Crippen molar-refractivity contribution in [1.82, 2.24) is 9.97 Å². The van der Waals surface area contributed by atoms with Crippen LogP contribution >= 0.6 is 0 Å². The number of rotatable bonds is 2. The lowest BCUT2D eigenvalue weighted by Crippen LogP contribution is -1.85. The van der Waals surface area contributed by atoms with Crippen molar-refractivity contribution in [1.29, 1.82) is 0 Å².